The summed E-state index contributed by atoms with van der Waals surface area (Å²) in [6.45, 7) is 5.16. The Balaban J connectivity index is 2.99. The summed E-state index contributed by atoms with van der Waals surface area (Å²) in [7, 11) is 0. The van der Waals surface area contributed by atoms with Crippen LogP contribution in [-0.4, -0.2) is 11.6 Å². The molecule has 0 aliphatic heterocycles. The van der Waals surface area contributed by atoms with E-state index in [0.717, 1.165) is 6.07 Å². The zero-order valence-electron chi connectivity index (χ0n) is 11.1. The second-order valence-corrected chi connectivity index (χ2v) is 5.54. The van der Waals surface area contributed by atoms with E-state index in [9.17, 15) is 18.0 Å². The Hall–Kier alpha value is -1.63. The van der Waals surface area contributed by atoms with Crippen LogP contribution in [0.15, 0.2) is 12.1 Å². The van der Waals surface area contributed by atoms with Gasteiger partial charge in [-0.25, -0.2) is 4.79 Å². The maximum absolute atomic E-state index is 12.6. The number of anilines is 1. The number of nitrogens with one attached hydrogen (secondary N) is 1. The van der Waals surface area contributed by atoms with Gasteiger partial charge in [0.15, 0.2) is 5.75 Å². The molecule has 0 radical (unpaired) electrons. The van der Waals surface area contributed by atoms with Gasteiger partial charge in [0, 0.05) is 11.6 Å². The first kappa shape index (κ1) is 16.4. The van der Waals surface area contributed by atoms with Crippen LogP contribution in [0.4, 0.5) is 23.7 Å². The highest BCUT2D eigenvalue weighted by molar-refractivity contribution is 6.31. The van der Waals surface area contributed by atoms with Crippen molar-refractivity contribution < 1.29 is 22.7 Å². The molecule has 0 aliphatic rings. The van der Waals surface area contributed by atoms with Crippen LogP contribution in [0.1, 0.15) is 26.3 Å². The summed E-state index contributed by atoms with van der Waals surface area (Å²) in [5.41, 5.74) is 3.47. The van der Waals surface area contributed by atoms with E-state index in [-0.39, 0.29) is 11.4 Å². The van der Waals surface area contributed by atoms with Crippen molar-refractivity contribution in [2.45, 2.75) is 32.5 Å². The molecule has 0 aromatic heterocycles. The molecule has 0 saturated carbocycles. The number of benzene rings is 1. The lowest BCUT2D eigenvalue weighted by atomic mass is 10.1. The molecule has 1 rings (SSSR count). The molecule has 0 bridgehead atoms. The van der Waals surface area contributed by atoms with Crippen LogP contribution in [-0.2, 0) is 6.18 Å². The van der Waals surface area contributed by atoms with Gasteiger partial charge in [0.25, 0.3) is 0 Å². The molecule has 4 nitrogen and oxygen atoms in total. The van der Waals surface area contributed by atoms with E-state index < -0.39 is 28.4 Å². The molecular weight excluding hydrogens is 297 g/mol. The van der Waals surface area contributed by atoms with Crippen molar-refractivity contribution in [3.63, 3.8) is 0 Å². The number of hydrogen-bond acceptors (Lipinski definition) is 3. The summed E-state index contributed by atoms with van der Waals surface area (Å²) < 4.78 is 42.6. The van der Waals surface area contributed by atoms with Crippen molar-refractivity contribution in [1.82, 2.24) is 5.32 Å². The van der Waals surface area contributed by atoms with Crippen molar-refractivity contribution in [2.75, 3.05) is 5.73 Å². The Morgan fingerprint density at radius 1 is 1.30 bits per heavy atom. The minimum absolute atomic E-state index is 0.232. The Kier molecular flexibility index (Phi) is 4.43. The van der Waals surface area contributed by atoms with Crippen LogP contribution in [0.3, 0.4) is 0 Å². The Morgan fingerprint density at radius 2 is 1.85 bits per heavy atom. The molecule has 0 spiro atoms. The molecule has 20 heavy (non-hydrogen) atoms. The summed E-state index contributed by atoms with van der Waals surface area (Å²) in [6, 6.07) is 1.49. The van der Waals surface area contributed by atoms with Gasteiger partial charge in [-0.3, -0.25) is 0 Å². The average Bonchev–Trinajstić information content (AvgIpc) is 2.18. The summed E-state index contributed by atoms with van der Waals surface area (Å²) in [6.07, 6.45) is -5.46. The number of nitrogens with two attached hydrogens (primary N) is 1. The summed E-state index contributed by atoms with van der Waals surface area (Å²) in [5, 5.41) is 1.88. The molecule has 1 aromatic carbocycles. The fraction of sp³-hybridized carbons (Fsp3) is 0.417. The van der Waals surface area contributed by atoms with Crippen molar-refractivity contribution in [3.8, 4) is 5.75 Å². The van der Waals surface area contributed by atoms with E-state index in [2.05, 4.69) is 5.32 Å². The number of amides is 1. The van der Waals surface area contributed by atoms with Gasteiger partial charge in [0.05, 0.1) is 16.3 Å². The number of carbonyl (C=O) groups is 1. The lowest BCUT2D eigenvalue weighted by Gasteiger charge is -2.20. The van der Waals surface area contributed by atoms with Gasteiger partial charge in [-0.05, 0) is 26.8 Å². The zero-order chi connectivity index (χ0) is 15.7. The second-order valence-electron chi connectivity index (χ2n) is 5.13. The summed E-state index contributed by atoms with van der Waals surface area (Å²) in [4.78, 5) is 11.5. The molecule has 1 aromatic rings. The molecule has 0 heterocycles. The van der Waals surface area contributed by atoms with Gasteiger partial charge < -0.3 is 15.8 Å². The largest absolute Gasteiger partial charge is 0.417 e. The van der Waals surface area contributed by atoms with Gasteiger partial charge in [-0.15, -0.1) is 0 Å². The lowest BCUT2D eigenvalue weighted by Crippen LogP contribution is -2.42. The third kappa shape index (κ3) is 4.48. The van der Waals surface area contributed by atoms with Crippen LogP contribution < -0.4 is 15.8 Å². The number of hydrogen-bond donors (Lipinski definition) is 2. The zero-order valence-corrected chi connectivity index (χ0v) is 11.8. The van der Waals surface area contributed by atoms with Crippen LogP contribution in [0.25, 0.3) is 0 Å². The van der Waals surface area contributed by atoms with E-state index in [1.165, 1.54) is 0 Å². The summed E-state index contributed by atoms with van der Waals surface area (Å²) in [5.74, 6) is -0.232. The molecule has 0 atom stereocenters. The van der Waals surface area contributed by atoms with Crippen LogP contribution in [0.5, 0.6) is 5.75 Å². The molecule has 0 saturated heterocycles. The summed E-state index contributed by atoms with van der Waals surface area (Å²) >= 11 is 5.52. The van der Waals surface area contributed by atoms with E-state index in [1.54, 1.807) is 20.8 Å². The predicted molar refractivity (Wildman–Crippen MR) is 69.8 cm³/mol. The number of alkyl halides is 3. The highest BCUT2D eigenvalue weighted by Crippen LogP contribution is 2.39. The van der Waals surface area contributed by atoms with Gasteiger partial charge >= 0.3 is 12.3 Å². The number of nitrogen functional groups attached to an aromatic ring is 1. The Labute approximate surface area is 119 Å². The minimum atomic E-state index is -4.63. The molecule has 0 aliphatic carbocycles. The van der Waals surface area contributed by atoms with Crippen molar-refractivity contribution in [2.24, 2.45) is 0 Å². The molecule has 3 N–H and O–H groups in total. The normalized spacial score (nSPS) is 12.2. The monoisotopic (exact) mass is 310 g/mol. The second kappa shape index (κ2) is 5.40. The topological polar surface area (TPSA) is 64.3 Å². The van der Waals surface area contributed by atoms with E-state index in [0.29, 0.717) is 6.07 Å². The minimum Gasteiger partial charge on any atom is -0.408 e. The fourth-order valence-electron chi connectivity index (χ4n) is 1.31. The van der Waals surface area contributed by atoms with Gasteiger partial charge in [0.2, 0.25) is 0 Å². The third-order valence-electron chi connectivity index (χ3n) is 2.08. The number of carbonyl (C=O) groups excluding carboxylic acids is 1. The van der Waals surface area contributed by atoms with Crippen molar-refractivity contribution in [1.29, 1.82) is 0 Å². The SMILES string of the molecule is CC(C)(C)NC(=O)Oc1cc(Cl)c(C(F)(F)F)cc1N. The van der Waals surface area contributed by atoms with Gasteiger partial charge in [-0.2, -0.15) is 13.2 Å². The van der Waals surface area contributed by atoms with Crippen molar-refractivity contribution in [3.05, 3.63) is 22.7 Å². The number of rotatable bonds is 1. The molecule has 8 heteroatoms. The average molecular weight is 311 g/mol. The number of halogens is 4. The highest BCUT2D eigenvalue weighted by atomic mass is 35.5. The third-order valence-corrected chi connectivity index (χ3v) is 2.40. The Morgan fingerprint density at radius 3 is 2.30 bits per heavy atom. The standard InChI is InChI=1S/C12H14ClF3N2O2/c1-11(2,3)18-10(19)20-9-5-7(13)6(4-8(9)17)12(14,15)16/h4-5H,17H2,1-3H3,(H,18,19). The van der Waals surface area contributed by atoms with Gasteiger partial charge in [0.1, 0.15) is 0 Å². The first-order chi connectivity index (χ1) is 8.90. The quantitative estimate of drug-likeness (QED) is 0.775. The molecular formula is C12H14ClF3N2O2. The van der Waals surface area contributed by atoms with Crippen LogP contribution in [0, 0.1) is 0 Å². The first-order valence-corrected chi connectivity index (χ1v) is 5.94. The van der Waals surface area contributed by atoms with Gasteiger partial charge in [-0.1, -0.05) is 11.6 Å². The molecule has 0 fully saturated rings. The maximum Gasteiger partial charge on any atom is 0.417 e. The Bertz CT molecular complexity index is 525. The maximum atomic E-state index is 12.6. The van der Waals surface area contributed by atoms with Crippen LogP contribution in [0.2, 0.25) is 5.02 Å². The highest BCUT2D eigenvalue weighted by Gasteiger charge is 2.34. The van der Waals surface area contributed by atoms with Crippen LogP contribution >= 0.6 is 11.6 Å². The smallest absolute Gasteiger partial charge is 0.408 e. The predicted octanol–water partition coefficient (Wildman–Crippen LogP) is 3.83. The lowest BCUT2D eigenvalue weighted by molar-refractivity contribution is -0.137. The number of ether oxygens (including phenoxy) is 1. The van der Waals surface area contributed by atoms with E-state index in [1.807, 2.05) is 0 Å². The molecule has 112 valence electrons. The molecule has 0 unspecified atom stereocenters. The van der Waals surface area contributed by atoms with E-state index in [4.69, 9.17) is 22.1 Å². The first-order valence-electron chi connectivity index (χ1n) is 5.56. The fourth-order valence-corrected chi connectivity index (χ4v) is 1.57. The van der Waals surface area contributed by atoms with E-state index >= 15 is 0 Å². The van der Waals surface area contributed by atoms with Crippen molar-refractivity contribution >= 4 is 23.4 Å². The molecule has 1 amide bonds.